The monoisotopic (exact) mass is 330 g/mol. The van der Waals surface area contributed by atoms with Crippen molar-refractivity contribution in [3.8, 4) is 5.75 Å². The Morgan fingerprint density at radius 3 is 2.88 bits per heavy atom. The first kappa shape index (κ1) is 16.2. The summed E-state index contributed by atoms with van der Waals surface area (Å²) in [5, 5.41) is 3.85. The van der Waals surface area contributed by atoms with Gasteiger partial charge < -0.3 is 9.15 Å². The number of halogens is 1. The molecular weight excluding hydrogens is 311 g/mol. The van der Waals surface area contributed by atoms with Crippen molar-refractivity contribution in [2.24, 2.45) is 11.0 Å². The molecule has 1 N–H and O–H groups in total. The Labute approximate surface area is 139 Å². The number of furan rings is 1. The largest absolute Gasteiger partial charge is 0.478 e. The number of amides is 1. The molecule has 1 aromatic carbocycles. The van der Waals surface area contributed by atoms with E-state index in [0.717, 1.165) is 12.2 Å². The SMILES string of the molecule is C[C@@H]1C[C@H]1c1ccc(/C=N\NC(=O)[C@@H](C)Oc2ccccc2F)o1. The van der Waals surface area contributed by atoms with Crippen LogP contribution in [-0.4, -0.2) is 18.2 Å². The second-order valence-corrected chi connectivity index (χ2v) is 5.98. The molecule has 3 atom stereocenters. The lowest BCUT2D eigenvalue weighted by Crippen LogP contribution is -2.33. The standard InChI is InChI=1S/C18H19FN2O3/c1-11-9-14(11)16-8-7-13(24-16)10-20-21-18(22)12(2)23-17-6-4-3-5-15(17)19/h3-8,10-12,14H,9H2,1-2H3,(H,21,22)/b20-10-/t11-,12-,14-/m1/s1. The Kier molecular flexibility index (Phi) is 4.64. The quantitative estimate of drug-likeness (QED) is 0.652. The van der Waals surface area contributed by atoms with Crippen LogP contribution in [0, 0.1) is 11.7 Å². The molecule has 1 amide bonds. The molecule has 1 heterocycles. The number of hydrazone groups is 1. The van der Waals surface area contributed by atoms with Gasteiger partial charge in [-0.1, -0.05) is 19.1 Å². The fourth-order valence-corrected chi connectivity index (χ4v) is 2.39. The van der Waals surface area contributed by atoms with E-state index in [-0.39, 0.29) is 5.75 Å². The number of para-hydroxylation sites is 1. The van der Waals surface area contributed by atoms with Gasteiger partial charge in [-0.25, -0.2) is 9.82 Å². The van der Waals surface area contributed by atoms with Gasteiger partial charge in [-0.2, -0.15) is 5.10 Å². The van der Waals surface area contributed by atoms with Crippen LogP contribution in [0.4, 0.5) is 4.39 Å². The molecule has 126 valence electrons. The van der Waals surface area contributed by atoms with E-state index in [0.29, 0.717) is 17.6 Å². The lowest BCUT2D eigenvalue weighted by Gasteiger charge is -2.13. The molecule has 0 aliphatic heterocycles. The van der Waals surface area contributed by atoms with Crippen LogP contribution in [0.2, 0.25) is 0 Å². The van der Waals surface area contributed by atoms with Crippen molar-refractivity contribution in [1.29, 1.82) is 0 Å². The van der Waals surface area contributed by atoms with Crippen LogP contribution in [0.1, 0.15) is 37.7 Å². The molecular formula is C18H19FN2O3. The van der Waals surface area contributed by atoms with Crippen molar-refractivity contribution in [3.63, 3.8) is 0 Å². The Bertz CT molecular complexity index is 756. The van der Waals surface area contributed by atoms with Crippen molar-refractivity contribution in [3.05, 3.63) is 53.7 Å². The van der Waals surface area contributed by atoms with Gasteiger partial charge in [-0.15, -0.1) is 0 Å². The summed E-state index contributed by atoms with van der Waals surface area (Å²) in [6.07, 6.45) is 1.70. The zero-order valence-corrected chi connectivity index (χ0v) is 13.5. The minimum absolute atomic E-state index is 0.0263. The number of nitrogens with one attached hydrogen (secondary N) is 1. The lowest BCUT2D eigenvalue weighted by atomic mass is 10.3. The van der Waals surface area contributed by atoms with Crippen LogP contribution >= 0.6 is 0 Å². The summed E-state index contributed by atoms with van der Waals surface area (Å²) >= 11 is 0. The molecule has 1 aliphatic rings. The first-order chi connectivity index (χ1) is 11.5. The Morgan fingerprint density at radius 2 is 2.17 bits per heavy atom. The van der Waals surface area contributed by atoms with E-state index in [4.69, 9.17) is 9.15 Å². The smallest absolute Gasteiger partial charge is 0.280 e. The van der Waals surface area contributed by atoms with E-state index in [1.54, 1.807) is 12.1 Å². The average molecular weight is 330 g/mol. The summed E-state index contributed by atoms with van der Waals surface area (Å²) < 4.78 is 24.4. The van der Waals surface area contributed by atoms with Crippen LogP contribution in [0.25, 0.3) is 0 Å². The van der Waals surface area contributed by atoms with Gasteiger partial charge in [0.25, 0.3) is 5.91 Å². The third kappa shape index (κ3) is 3.82. The van der Waals surface area contributed by atoms with Crippen molar-refractivity contribution in [2.75, 3.05) is 0 Å². The van der Waals surface area contributed by atoms with Crippen molar-refractivity contribution >= 4 is 12.1 Å². The number of hydrogen-bond acceptors (Lipinski definition) is 4. The summed E-state index contributed by atoms with van der Waals surface area (Å²) in [4.78, 5) is 11.9. The van der Waals surface area contributed by atoms with Crippen LogP contribution in [0.15, 0.2) is 45.9 Å². The summed E-state index contributed by atoms with van der Waals surface area (Å²) in [5.41, 5.74) is 2.36. The average Bonchev–Trinajstić information content (AvgIpc) is 3.10. The predicted molar refractivity (Wildman–Crippen MR) is 87.5 cm³/mol. The third-order valence-corrected chi connectivity index (χ3v) is 4.00. The molecule has 0 spiro atoms. The van der Waals surface area contributed by atoms with Crippen molar-refractivity contribution < 1.29 is 18.3 Å². The molecule has 0 unspecified atom stereocenters. The van der Waals surface area contributed by atoms with Crippen LogP contribution in [0.3, 0.4) is 0 Å². The fourth-order valence-electron chi connectivity index (χ4n) is 2.39. The molecule has 0 saturated heterocycles. The normalized spacial score (nSPS) is 20.8. The van der Waals surface area contributed by atoms with Crippen LogP contribution in [-0.2, 0) is 4.79 Å². The molecule has 0 radical (unpaired) electrons. The highest BCUT2D eigenvalue weighted by Crippen LogP contribution is 2.47. The van der Waals surface area contributed by atoms with E-state index >= 15 is 0 Å². The minimum atomic E-state index is -0.876. The maximum absolute atomic E-state index is 13.5. The summed E-state index contributed by atoms with van der Waals surface area (Å²) in [6, 6.07) is 9.67. The molecule has 5 nitrogen and oxygen atoms in total. The van der Waals surface area contributed by atoms with Gasteiger partial charge in [0.1, 0.15) is 11.5 Å². The highest BCUT2D eigenvalue weighted by Gasteiger charge is 2.36. The van der Waals surface area contributed by atoms with Gasteiger partial charge in [0.05, 0.1) is 6.21 Å². The topological polar surface area (TPSA) is 63.8 Å². The highest BCUT2D eigenvalue weighted by molar-refractivity contribution is 5.83. The maximum Gasteiger partial charge on any atom is 0.280 e. The zero-order chi connectivity index (χ0) is 17.1. The molecule has 2 aromatic rings. The predicted octanol–water partition coefficient (Wildman–Crippen LogP) is 3.46. The molecule has 1 saturated carbocycles. The number of ether oxygens (including phenoxy) is 1. The summed E-state index contributed by atoms with van der Waals surface area (Å²) in [7, 11) is 0. The molecule has 3 rings (SSSR count). The second kappa shape index (κ2) is 6.86. The van der Waals surface area contributed by atoms with Gasteiger partial charge >= 0.3 is 0 Å². The highest BCUT2D eigenvalue weighted by atomic mass is 19.1. The zero-order valence-electron chi connectivity index (χ0n) is 13.5. The maximum atomic E-state index is 13.5. The van der Waals surface area contributed by atoms with Crippen LogP contribution < -0.4 is 10.2 Å². The number of nitrogens with zero attached hydrogens (tertiary/aromatic N) is 1. The molecule has 0 bridgehead atoms. The number of carbonyl (C=O) groups is 1. The molecule has 1 aromatic heterocycles. The van der Waals surface area contributed by atoms with Gasteiger partial charge in [-0.3, -0.25) is 4.79 Å². The van der Waals surface area contributed by atoms with Crippen LogP contribution in [0.5, 0.6) is 5.75 Å². The van der Waals surface area contributed by atoms with Gasteiger partial charge in [0, 0.05) is 5.92 Å². The Hall–Kier alpha value is -2.63. The van der Waals surface area contributed by atoms with Gasteiger partial charge in [-0.05, 0) is 43.5 Å². The van der Waals surface area contributed by atoms with E-state index in [2.05, 4.69) is 17.5 Å². The first-order valence-electron chi connectivity index (χ1n) is 7.88. The Morgan fingerprint density at radius 1 is 1.42 bits per heavy atom. The summed E-state index contributed by atoms with van der Waals surface area (Å²) in [6.45, 7) is 3.70. The molecule has 24 heavy (non-hydrogen) atoms. The van der Waals surface area contributed by atoms with Gasteiger partial charge in [0.15, 0.2) is 17.7 Å². The van der Waals surface area contributed by atoms with Gasteiger partial charge in [0.2, 0.25) is 0 Å². The second-order valence-electron chi connectivity index (χ2n) is 5.98. The van der Waals surface area contributed by atoms with E-state index in [9.17, 15) is 9.18 Å². The minimum Gasteiger partial charge on any atom is -0.478 e. The van der Waals surface area contributed by atoms with E-state index < -0.39 is 17.8 Å². The third-order valence-electron chi connectivity index (χ3n) is 4.00. The molecule has 6 heteroatoms. The molecule has 1 aliphatic carbocycles. The number of rotatable bonds is 6. The number of carbonyl (C=O) groups excluding carboxylic acids is 1. The first-order valence-corrected chi connectivity index (χ1v) is 7.88. The molecule has 1 fully saturated rings. The Balaban J connectivity index is 1.51. The lowest BCUT2D eigenvalue weighted by molar-refractivity contribution is -0.127. The summed E-state index contributed by atoms with van der Waals surface area (Å²) in [5.74, 6) is 1.72. The number of benzene rings is 1. The van der Waals surface area contributed by atoms with E-state index in [1.165, 1.54) is 25.3 Å². The van der Waals surface area contributed by atoms with E-state index in [1.807, 2.05) is 12.1 Å². The van der Waals surface area contributed by atoms with Crippen molar-refractivity contribution in [1.82, 2.24) is 5.43 Å². The number of hydrogen-bond donors (Lipinski definition) is 1. The fraction of sp³-hybridized carbons (Fsp3) is 0.333. The van der Waals surface area contributed by atoms with Crippen molar-refractivity contribution in [2.45, 2.75) is 32.3 Å².